The number of aromatic nitrogens is 1. The molecule has 0 radical (unpaired) electrons. The highest BCUT2D eigenvalue weighted by Crippen LogP contribution is 2.39. The van der Waals surface area contributed by atoms with Gasteiger partial charge in [-0.2, -0.15) is 13.2 Å². The molecule has 0 bridgehead atoms. The van der Waals surface area contributed by atoms with Gasteiger partial charge in [-0.15, -0.1) is 0 Å². The van der Waals surface area contributed by atoms with Crippen LogP contribution in [-0.2, 0) is 0 Å². The van der Waals surface area contributed by atoms with Crippen molar-refractivity contribution in [1.29, 1.82) is 0 Å². The van der Waals surface area contributed by atoms with Crippen molar-refractivity contribution >= 4 is 39.6 Å². The molecular formula is C17H15F3INO2. The van der Waals surface area contributed by atoms with Crippen LogP contribution in [0.3, 0.4) is 0 Å². The van der Waals surface area contributed by atoms with Crippen molar-refractivity contribution in [2.24, 2.45) is 5.92 Å². The number of fused-ring (bicyclic) bond motifs is 1. The van der Waals surface area contributed by atoms with E-state index in [0.29, 0.717) is 30.6 Å². The molecule has 0 amide bonds. The van der Waals surface area contributed by atoms with E-state index in [2.05, 4.69) is 27.6 Å². The van der Waals surface area contributed by atoms with E-state index in [1.165, 1.54) is 0 Å². The van der Waals surface area contributed by atoms with Crippen LogP contribution in [0.5, 0.6) is 5.75 Å². The van der Waals surface area contributed by atoms with Crippen molar-refractivity contribution in [2.75, 3.05) is 0 Å². The van der Waals surface area contributed by atoms with Crippen molar-refractivity contribution in [2.45, 2.75) is 38.0 Å². The van der Waals surface area contributed by atoms with Gasteiger partial charge in [0.15, 0.2) is 6.29 Å². The Morgan fingerprint density at radius 1 is 1.21 bits per heavy atom. The van der Waals surface area contributed by atoms with Gasteiger partial charge in [-0.1, -0.05) is 6.07 Å². The summed E-state index contributed by atoms with van der Waals surface area (Å²) in [5.41, 5.74) is 0.359. The first kappa shape index (κ1) is 17.4. The largest absolute Gasteiger partial charge is 0.489 e. The number of carbonyl (C=O) groups is 1. The van der Waals surface area contributed by atoms with Gasteiger partial charge >= 0.3 is 6.18 Å². The van der Waals surface area contributed by atoms with Gasteiger partial charge < -0.3 is 4.74 Å². The Labute approximate surface area is 150 Å². The molecule has 0 saturated heterocycles. The number of halogens is 4. The van der Waals surface area contributed by atoms with Crippen molar-refractivity contribution in [3.8, 4) is 5.75 Å². The molecule has 1 heterocycles. The second-order valence-electron chi connectivity index (χ2n) is 5.96. The number of carbonyl (C=O) groups excluding carboxylic acids is 1. The van der Waals surface area contributed by atoms with Crippen LogP contribution in [0.4, 0.5) is 13.2 Å². The fourth-order valence-electron chi connectivity index (χ4n) is 3.02. The van der Waals surface area contributed by atoms with Gasteiger partial charge in [0.05, 0.1) is 15.6 Å². The standard InChI is InChI=1S/C17H15F3INO2/c18-17(19,20)11-2-4-13(5-3-11)24-15-6-1-10-7-12(9-23)22-8-14(10)16(15)21/h1,6-9,11,13H,2-5H2/t11-,13+. The molecular weight excluding hydrogens is 434 g/mol. The molecule has 7 heteroatoms. The zero-order valence-electron chi connectivity index (χ0n) is 12.6. The summed E-state index contributed by atoms with van der Waals surface area (Å²) in [5.74, 6) is -0.557. The van der Waals surface area contributed by atoms with Gasteiger partial charge in [-0.25, -0.2) is 0 Å². The maximum atomic E-state index is 12.7. The molecule has 0 atom stereocenters. The second kappa shape index (κ2) is 6.85. The first-order valence-electron chi connectivity index (χ1n) is 7.65. The minimum Gasteiger partial charge on any atom is -0.489 e. The highest BCUT2D eigenvalue weighted by molar-refractivity contribution is 14.1. The molecule has 3 rings (SSSR count). The molecule has 0 unspecified atom stereocenters. The minimum atomic E-state index is -4.11. The molecule has 1 saturated carbocycles. The van der Waals surface area contributed by atoms with Crippen LogP contribution in [0.15, 0.2) is 24.4 Å². The lowest BCUT2D eigenvalue weighted by atomic mass is 9.87. The third-order valence-electron chi connectivity index (χ3n) is 4.38. The number of hydrogen-bond acceptors (Lipinski definition) is 3. The van der Waals surface area contributed by atoms with Crippen LogP contribution in [0.25, 0.3) is 10.8 Å². The van der Waals surface area contributed by atoms with Gasteiger partial charge in [0.1, 0.15) is 11.4 Å². The molecule has 2 aromatic rings. The third-order valence-corrected chi connectivity index (χ3v) is 5.49. The van der Waals surface area contributed by atoms with Crippen molar-refractivity contribution < 1.29 is 22.7 Å². The van der Waals surface area contributed by atoms with E-state index in [1.54, 1.807) is 18.3 Å². The van der Waals surface area contributed by atoms with E-state index in [1.807, 2.05) is 6.07 Å². The highest BCUT2D eigenvalue weighted by Gasteiger charge is 2.41. The first-order valence-corrected chi connectivity index (χ1v) is 8.73. The molecule has 1 aromatic carbocycles. The third kappa shape index (κ3) is 3.65. The average Bonchev–Trinajstić information content (AvgIpc) is 2.57. The number of rotatable bonds is 3. The Morgan fingerprint density at radius 2 is 1.92 bits per heavy atom. The van der Waals surface area contributed by atoms with Gasteiger partial charge in [0.25, 0.3) is 0 Å². The van der Waals surface area contributed by atoms with Crippen LogP contribution in [0.2, 0.25) is 0 Å². The Balaban J connectivity index is 1.74. The van der Waals surface area contributed by atoms with E-state index in [4.69, 9.17) is 4.74 Å². The lowest BCUT2D eigenvalue weighted by Gasteiger charge is -2.30. The first-order chi connectivity index (χ1) is 11.4. The molecule has 0 spiro atoms. The van der Waals surface area contributed by atoms with Gasteiger partial charge in [-0.3, -0.25) is 9.78 Å². The molecule has 24 heavy (non-hydrogen) atoms. The number of hydrogen-bond donors (Lipinski definition) is 0. The Kier molecular flexibility index (Phi) is 4.98. The summed E-state index contributed by atoms with van der Waals surface area (Å²) in [5, 5.41) is 1.74. The summed E-state index contributed by atoms with van der Waals surface area (Å²) >= 11 is 2.14. The number of alkyl halides is 3. The fourth-order valence-corrected chi connectivity index (χ4v) is 3.78. The topological polar surface area (TPSA) is 39.2 Å². The molecule has 3 nitrogen and oxygen atoms in total. The Hall–Kier alpha value is -1.38. The maximum Gasteiger partial charge on any atom is 0.391 e. The average molecular weight is 449 g/mol. The van der Waals surface area contributed by atoms with Gasteiger partial charge in [0, 0.05) is 11.6 Å². The molecule has 1 aliphatic rings. The number of nitrogens with zero attached hydrogens (tertiary/aromatic N) is 1. The van der Waals surface area contributed by atoms with Crippen molar-refractivity contribution in [3.05, 3.63) is 33.7 Å². The van der Waals surface area contributed by atoms with Crippen LogP contribution in [0, 0.1) is 9.49 Å². The van der Waals surface area contributed by atoms with Gasteiger partial charge in [0.2, 0.25) is 0 Å². The molecule has 128 valence electrons. The molecule has 1 aliphatic carbocycles. The normalized spacial score (nSPS) is 21.7. The second-order valence-corrected chi connectivity index (χ2v) is 7.04. The predicted octanol–water partition coefficient (Wildman–Crippen LogP) is 5.15. The van der Waals surface area contributed by atoms with Crippen LogP contribution < -0.4 is 4.74 Å². The smallest absolute Gasteiger partial charge is 0.391 e. The van der Waals surface area contributed by atoms with Crippen LogP contribution in [0.1, 0.15) is 36.2 Å². The summed E-state index contributed by atoms with van der Waals surface area (Å²) in [4.78, 5) is 14.9. The molecule has 0 N–H and O–H groups in total. The molecule has 1 aromatic heterocycles. The summed E-state index contributed by atoms with van der Waals surface area (Å²) in [6.07, 6.45) is -0.961. The summed E-state index contributed by atoms with van der Waals surface area (Å²) in [7, 11) is 0. The van der Waals surface area contributed by atoms with E-state index in [-0.39, 0.29) is 18.9 Å². The number of benzene rings is 1. The SMILES string of the molecule is O=Cc1cc2ccc(O[C@H]3CC[C@@H](C(F)(F)F)CC3)c(I)c2cn1. The minimum absolute atomic E-state index is 0.114. The monoisotopic (exact) mass is 449 g/mol. The van der Waals surface area contributed by atoms with E-state index >= 15 is 0 Å². The zero-order valence-corrected chi connectivity index (χ0v) is 14.8. The lowest BCUT2D eigenvalue weighted by molar-refractivity contribution is -0.185. The van der Waals surface area contributed by atoms with Crippen LogP contribution >= 0.6 is 22.6 Å². The van der Waals surface area contributed by atoms with E-state index in [0.717, 1.165) is 14.3 Å². The van der Waals surface area contributed by atoms with Crippen molar-refractivity contribution in [3.63, 3.8) is 0 Å². The number of ether oxygens (including phenoxy) is 1. The summed E-state index contributed by atoms with van der Waals surface area (Å²) < 4.78 is 45.0. The quantitative estimate of drug-likeness (QED) is 0.481. The van der Waals surface area contributed by atoms with E-state index in [9.17, 15) is 18.0 Å². The van der Waals surface area contributed by atoms with Gasteiger partial charge in [-0.05, 0) is 65.8 Å². The lowest BCUT2D eigenvalue weighted by Crippen LogP contribution is -2.32. The summed E-state index contributed by atoms with van der Waals surface area (Å²) in [6, 6.07) is 5.33. The summed E-state index contributed by atoms with van der Waals surface area (Å²) in [6.45, 7) is 0. The van der Waals surface area contributed by atoms with Crippen LogP contribution in [-0.4, -0.2) is 23.6 Å². The maximum absolute atomic E-state index is 12.7. The zero-order chi connectivity index (χ0) is 17.3. The van der Waals surface area contributed by atoms with Crippen molar-refractivity contribution in [1.82, 2.24) is 4.98 Å². The number of aldehydes is 1. The molecule has 0 aliphatic heterocycles. The predicted molar refractivity (Wildman–Crippen MR) is 92.3 cm³/mol. The highest BCUT2D eigenvalue weighted by atomic mass is 127. The fraction of sp³-hybridized carbons (Fsp3) is 0.412. The molecule has 1 fully saturated rings. The Bertz CT molecular complexity index is 755. The van der Waals surface area contributed by atoms with E-state index < -0.39 is 12.1 Å². The Morgan fingerprint density at radius 3 is 2.54 bits per heavy atom. The number of pyridine rings is 1.